The van der Waals surface area contributed by atoms with E-state index in [0.717, 1.165) is 12.0 Å². The first-order chi connectivity index (χ1) is 10.1. The second kappa shape index (κ2) is 9.60. The maximum atomic E-state index is 11.7. The van der Waals surface area contributed by atoms with Crippen molar-refractivity contribution in [3.05, 3.63) is 34.9 Å². The standard InChI is InChI=1S/C15H22ClNO4/c1-4-9-17-15(18)21-11(2)14(20-10-19-3)12-7-5-6-8-13(12)16/h5-8,11,14H,4,9-10H2,1-3H3,(H,17,18). The summed E-state index contributed by atoms with van der Waals surface area (Å²) in [6.45, 7) is 4.38. The third kappa shape index (κ3) is 5.91. The van der Waals surface area contributed by atoms with Crippen LogP contribution in [0, 0.1) is 0 Å². The van der Waals surface area contributed by atoms with Gasteiger partial charge in [-0.25, -0.2) is 4.79 Å². The van der Waals surface area contributed by atoms with Crippen molar-refractivity contribution in [3.8, 4) is 0 Å². The van der Waals surface area contributed by atoms with E-state index < -0.39 is 18.3 Å². The average molecular weight is 316 g/mol. The smallest absolute Gasteiger partial charge is 0.407 e. The molecule has 1 aromatic carbocycles. The van der Waals surface area contributed by atoms with Gasteiger partial charge in [0.2, 0.25) is 0 Å². The molecule has 0 aliphatic carbocycles. The molecule has 0 aliphatic heterocycles. The molecule has 0 saturated carbocycles. The van der Waals surface area contributed by atoms with Crippen molar-refractivity contribution >= 4 is 17.7 Å². The minimum Gasteiger partial charge on any atom is -0.443 e. The van der Waals surface area contributed by atoms with Gasteiger partial charge in [-0.05, 0) is 19.4 Å². The van der Waals surface area contributed by atoms with Gasteiger partial charge in [-0.1, -0.05) is 36.7 Å². The molecule has 2 atom stereocenters. The quantitative estimate of drug-likeness (QED) is 0.746. The fourth-order valence-electron chi connectivity index (χ4n) is 1.82. The van der Waals surface area contributed by atoms with E-state index in [2.05, 4.69) is 5.32 Å². The van der Waals surface area contributed by atoms with Crippen LogP contribution in [0.15, 0.2) is 24.3 Å². The van der Waals surface area contributed by atoms with E-state index in [-0.39, 0.29) is 6.79 Å². The van der Waals surface area contributed by atoms with Crippen LogP contribution in [0.2, 0.25) is 5.02 Å². The number of rotatable bonds is 8. The predicted molar refractivity (Wildman–Crippen MR) is 81.4 cm³/mol. The number of nitrogens with one attached hydrogen (secondary N) is 1. The van der Waals surface area contributed by atoms with Crippen LogP contribution in [0.4, 0.5) is 4.79 Å². The Hall–Kier alpha value is -1.30. The number of carbonyl (C=O) groups is 1. The first-order valence-electron chi connectivity index (χ1n) is 6.89. The van der Waals surface area contributed by atoms with E-state index in [1.807, 2.05) is 25.1 Å². The highest BCUT2D eigenvalue weighted by molar-refractivity contribution is 6.31. The zero-order valence-corrected chi connectivity index (χ0v) is 13.4. The number of alkyl carbamates (subject to hydrolysis) is 1. The summed E-state index contributed by atoms with van der Waals surface area (Å²) in [5.74, 6) is 0. The van der Waals surface area contributed by atoms with Crippen LogP contribution in [0.25, 0.3) is 0 Å². The van der Waals surface area contributed by atoms with Crippen LogP contribution in [-0.4, -0.2) is 32.6 Å². The topological polar surface area (TPSA) is 56.8 Å². The fourth-order valence-corrected chi connectivity index (χ4v) is 2.07. The Bertz CT molecular complexity index is 441. The maximum Gasteiger partial charge on any atom is 0.407 e. The van der Waals surface area contributed by atoms with Gasteiger partial charge in [0.25, 0.3) is 0 Å². The normalized spacial score (nSPS) is 13.5. The van der Waals surface area contributed by atoms with Gasteiger partial charge < -0.3 is 19.5 Å². The minimum absolute atomic E-state index is 0.0835. The molecule has 1 N–H and O–H groups in total. The number of hydrogen-bond donors (Lipinski definition) is 1. The van der Waals surface area contributed by atoms with E-state index in [4.69, 9.17) is 25.8 Å². The Kier molecular flexibility index (Phi) is 8.12. The molecule has 0 fully saturated rings. The number of carbonyl (C=O) groups excluding carboxylic acids is 1. The van der Waals surface area contributed by atoms with Crippen molar-refractivity contribution in [2.75, 3.05) is 20.4 Å². The van der Waals surface area contributed by atoms with Crippen LogP contribution in [-0.2, 0) is 14.2 Å². The second-order valence-electron chi connectivity index (χ2n) is 4.55. The summed E-state index contributed by atoms with van der Waals surface area (Å²) in [6, 6.07) is 7.29. The molecule has 1 amide bonds. The van der Waals surface area contributed by atoms with Gasteiger partial charge in [0.15, 0.2) is 0 Å². The highest BCUT2D eigenvalue weighted by Gasteiger charge is 2.25. The molecule has 0 spiro atoms. The maximum absolute atomic E-state index is 11.7. The number of methoxy groups -OCH3 is 1. The van der Waals surface area contributed by atoms with E-state index in [1.165, 1.54) is 7.11 Å². The van der Waals surface area contributed by atoms with Crippen molar-refractivity contribution in [2.45, 2.75) is 32.5 Å². The summed E-state index contributed by atoms with van der Waals surface area (Å²) >= 11 is 6.19. The van der Waals surface area contributed by atoms with Gasteiger partial charge in [0.1, 0.15) is 19.0 Å². The summed E-state index contributed by atoms with van der Waals surface area (Å²) in [6.07, 6.45) is -0.622. The minimum atomic E-state index is -0.503. The number of halogens is 1. The van der Waals surface area contributed by atoms with Gasteiger partial charge in [-0.2, -0.15) is 0 Å². The Morgan fingerprint density at radius 3 is 2.71 bits per heavy atom. The van der Waals surface area contributed by atoms with Crippen LogP contribution >= 0.6 is 11.6 Å². The molecule has 0 aromatic heterocycles. The van der Waals surface area contributed by atoms with Gasteiger partial charge in [0.05, 0.1) is 0 Å². The summed E-state index contributed by atoms with van der Waals surface area (Å²) < 4.78 is 15.9. The molecule has 21 heavy (non-hydrogen) atoms. The van der Waals surface area contributed by atoms with Crippen molar-refractivity contribution in [2.24, 2.45) is 0 Å². The van der Waals surface area contributed by atoms with E-state index in [9.17, 15) is 4.79 Å². The molecule has 6 heteroatoms. The molecule has 0 heterocycles. The van der Waals surface area contributed by atoms with Crippen LogP contribution < -0.4 is 5.32 Å². The fraction of sp³-hybridized carbons (Fsp3) is 0.533. The van der Waals surface area contributed by atoms with Crippen molar-refractivity contribution < 1.29 is 19.0 Å². The first-order valence-corrected chi connectivity index (χ1v) is 7.27. The number of ether oxygens (including phenoxy) is 3. The van der Waals surface area contributed by atoms with Gasteiger partial charge >= 0.3 is 6.09 Å². The Balaban J connectivity index is 2.77. The molecular formula is C15H22ClNO4. The number of amides is 1. The first kappa shape index (κ1) is 17.8. The summed E-state index contributed by atoms with van der Waals surface area (Å²) in [4.78, 5) is 11.7. The van der Waals surface area contributed by atoms with Gasteiger partial charge in [-0.15, -0.1) is 0 Å². The molecule has 0 saturated heterocycles. The van der Waals surface area contributed by atoms with E-state index >= 15 is 0 Å². The molecule has 0 bridgehead atoms. The summed E-state index contributed by atoms with van der Waals surface area (Å²) in [7, 11) is 1.53. The summed E-state index contributed by atoms with van der Waals surface area (Å²) in [5.41, 5.74) is 0.756. The van der Waals surface area contributed by atoms with Crippen LogP contribution in [0.3, 0.4) is 0 Å². The lowest BCUT2D eigenvalue weighted by molar-refractivity contribution is -0.112. The third-order valence-corrected chi connectivity index (χ3v) is 3.16. The lowest BCUT2D eigenvalue weighted by atomic mass is 10.1. The molecule has 2 unspecified atom stereocenters. The highest BCUT2D eigenvalue weighted by Crippen LogP contribution is 2.29. The summed E-state index contributed by atoms with van der Waals surface area (Å²) in [5, 5.41) is 3.22. The largest absolute Gasteiger partial charge is 0.443 e. The molecule has 5 nitrogen and oxygen atoms in total. The van der Waals surface area contributed by atoms with E-state index in [1.54, 1.807) is 13.0 Å². The third-order valence-electron chi connectivity index (χ3n) is 2.82. The molecule has 0 radical (unpaired) electrons. The SMILES string of the molecule is CCCNC(=O)OC(C)C(OCOC)c1ccccc1Cl. The Labute approximate surface area is 130 Å². The average Bonchev–Trinajstić information content (AvgIpc) is 2.47. The second-order valence-corrected chi connectivity index (χ2v) is 4.96. The van der Waals surface area contributed by atoms with Crippen molar-refractivity contribution in [1.82, 2.24) is 5.32 Å². The van der Waals surface area contributed by atoms with E-state index in [0.29, 0.717) is 11.6 Å². The number of benzene rings is 1. The molecular weight excluding hydrogens is 294 g/mol. The number of hydrogen-bond acceptors (Lipinski definition) is 4. The zero-order chi connectivity index (χ0) is 15.7. The monoisotopic (exact) mass is 315 g/mol. The Morgan fingerprint density at radius 1 is 1.38 bits per heavy atom. The zero-order valence-electron chi connectivity index (χ0n) is 12.6. The highest BCUT2D eigenvalue weighted by atomic mass is 35.5. The lowest BCUT2D eigenvalue weighted by Crippen LogP contribution is -2.32. The Morgan fingerprint density at radius 2 is 2.10 bits per heavy atom. The lowest BCUT2D eigenvalue weighted by Gasteiger charge is -2.25. The molecule has 118 valence electrons. The van der Waals surface area contributed by atoms with Crippen LogP contribution in [0.5, 0.6) is 0 Å². The molecule has 1 aromatic rings. The van der Waals surface area contributed by atoms with Gasteiger partial charge in [-0.3, -0.25) is 0 Å². The molecule has 1 rings (SSSR count). The van der Waals surface area contributed by atoms with Crippen molar-refractivity contribution in [1.29, 1.82) is 0 Å². The van der Waals surface area contributed by atoms with Crippen molar-refractivity contribution in [3.63, 3.8) is 0 Å². The predicted octanol–water partition coefficient (Wildman–Crippen LogP) is 3.53. The molecule has 0 aliphatic rings. The van der Waals surface area contributed by atoms with Crippen LogP contribution in [0.1, 0.15) is 31.9 Å². The van der Waals surface area contributed by atoms with Gasteiger partial charge in [0, 0.05) is 24.2 Å².